The minimum atomic E-state index is -0.829. The second-order valence-electron chi connectivity index (χ2n) is 17.4. The van der Waals surface area contributed by atoms with Crippen molar-refractivity contribution in [3.05, 3.63) is 109 Å². The monoisotopic (exact) mass is 915 g/mol. The van der Waals surface area contributed by atoms with Crippen LogP contribution in [-0.2, 0) is 28.6 Å². The molecular weight excluding hydrogens is 817 g/mol. The zero-order valence-corrected chi connectivity index (χ0v) is 42.7. The van der Waals surface area contributed by atoms with E-state index in [1.807, 2.05) is 0 Å². The van der Waals surface area contributed by atoms with Gasteiger partial charge in [-0.15, -0.1) is 0 Å². The van der Waals surface area contributed by atoms with Crippen molar-refractivity contribution in [2.45, 2.75) is 239 Å². The number of esters is 3. The van der Waals surface area contributed by atoms with Gasteiger partial charge in [0, 0.05) is 19.3 Å². The second-order valence-corrected chi connectivity index (χ2v) is 17.4. The standard InChI is InChI=1S/C60H98O6/c1-4-7-10-13-16-19-22-25-28-30-32-35-38-41-44-47-50-53-59(62)65-56-57(55-64-58(61)52-49-46-43-40-37-34-27-24-21-18-15-12-9-6-3)66-60(63)54-51-48-45-42-39-36-33-31-29-26-23-20-17-14-11-8-5-2/h7,10,16-17,19-20,25-26,28-29,32-33,35-36,41-42,44-45,57H,4-6,8-9,11-15,18,21-24,27,30-31,34,37-40,43,46-56H2,1-3H3/b10-7-,19-16-,20-17-,28-25-,29-26-,35-32-,36-33-,44-41-,45-42-. The first-order valence-corrected chi connectivity index (χ1v) is 26.9. The maximum Gasteiger partial charge on any atom is 0.306 e. The maximum atomic E-state index is 12.8. The summed E-state index contributed by atoms with van der Waals surface area (Å²) >= 11 is 0. The minimum absolute atomic E-state index is 0.117. The van der Waals surface area contributed by atoms with Crippen molar-refractivity contribution in [2.24, 2.45) is 0 Å². The van der Waals surface area contributed by atoms with Gasteiger partial charge in [-0.25, -0.2) is 0 Å². The Bertz CT molecular complexity index is 1370. The number of rotatable bonds is 47. The third kappa shape index (κ3) is 51.1. The minimum Gasteiger partial charge on any atom is -0.462 e. The smallest absolute Gasteiger partial charge is 0.306 e. The second kappa shape index (κ2) is 53.7. The van der Waals surface area contributed by atoms with Gasteiger partial charge in [-0.05, 0) is 96.3 Å². The lowest BCUT2D eigenvalue weighted by molar-refractivity contribution is -0.167. The molecule has 0 aliphatic carbocycles. The Labute approximate surface area is 406 Å². The summed E-state index contributed by atoms with van der Waals surface area (Å²) in [4.78, 5) is 38.0. The molecule has 0 rings (SSSR count). The van der Waals surface area contributed by atoms with E-state index in [0.717, 1.165) is 83.5 Å². The van der Waals surface area contributed by atoms with Gasteiger partial charge in [-0.2, -0.15) is 0 Å². The quantitative estimate of drug-likeness (QED) is 0.0262. The van der Waals surface area contributed by atoms with E-state index in [1.54, 1.807) is 0 Å². The van der Waals surface area contributed by atoms with Crippen molar-refractivity contribution in [3.8, 4) is 0 Å². The van der Waals surface area contributed by atoms with Gasteiger partial charge < -0.3 is 14.2 Å². The summed E-state index contributed by atoms with van der Waals surface area (Å²) in [6.07, 6.45) is 72.2. The number of carbonyl (C=O) groups excluding carboxylic acids is 3. The molecule has 0 spiro atoms. The summed E-state index contributed by atoms with van der Waals surface area (Å²) in [7, 11) is 0. The predicted octanol–water partition coefficient (Wildman–Crippen LogP) is 17.9. The highest BCUT2D eigenvalue weighted by Crippen LogP contribution is 2.14. The lowest BCUT2D eigenvalue weighted by Gasteiger charge is -2.18. The predicted molar refractivity (Wildman–Crippen MR) is 283 cm³/mol. The largest absolute Gasteiger partial charge is 0.462 e. The molecule has 0 heterocycles. The molecule has 374 valence electrons. The van der Waals surface area contributed by atoms with E-state index >= 15 is 0 Å². The van der Waals surface area contributed by atoms with Crippen molar-refractivity contribution in [1.29, 1.82) is 0 Å². The van der Waals surface area contributed by atoms with E-state index in [0.29, 0.717) is 19.3 Å². The van der Waals surface area contributed by atoms with Crippen LogP contribution >= 0.6 is 0 Å². The first kappa shape index (κ1) is 62.1. The molecule has 0 aromatic carbocycles. The fraction of sp³-hybridized carbons (Fsp3) is 0.650. The van der Waals surface area contributed by atoms with E-state index < -0.39 is 6.10 Å². The van der Waals surface area contributed by atoms with Gasteiger partial charge in [0.05, 0.1) is 0 Å². The lowest BCUT2D eigenvalue weighted by atomic mass is 10.0. The van der Waals surface area contributed by atoms with Crippen LogP contribution in [0.3, 0.4) is 0 Å². The molecule has 6 heteroatoms. The van der Waals surface area contributed by atoms with Crippen LogP contribution in [0.4, 0.5) is 0 Å². The van der Waals surface area contributed by atoms with Gasteiger partial charge in [0.25, 0.3) is 0 Å². The zero-order chi connectivity index (χ0) is 47.9. The van der Waals surface area contributed by atoms with Crippen molar-refractivity contribution >= 4 is 17.9 Å². The SMILES string of the molecule is CC/C=C\C/C=C\C/C=C\C/C=C\C/C=C\CCCC(=O)OCC(COC(=O)CCCCCCCCCCCCCCCC)OC(=O)CCC/C=C\C/C=C\C/C=C\C/C=C\CCCCC. The Morgan fingerprint density at radius 1 is 0.318 bits per heavy atom. The van der Waals surface area contributed by atoms with Gasteiger partial charge in [0.15, 0.2) is 6.10 Å². The molecule has 1 unspecified atom stereocenters. The average molecular weight is 915 g/mol. The third-order valence-electron chi connectivity index (χ3n) is 11.0. The van der Waals surface area contributed by atoms with Crippen LogP contribution in [0.2, 0.25) is 0 Å². The van der Waals surface area contributed by atoms with Crippen LogP contribution in [0, 0.1) is 0 Å². The molecule has 0 aromatic rings. The molecule has 6 nitrogen and oxygen atoms in total. The molecule has 0 saturated heterocycles. The van der Waals surface area contributed by atoms with Crippen LogP contribution in [0.5, 0.6) is 0 Å². The van der Waals surface area contributed by atoms with Crippen molar-refractivity contribution in [2.75, 3.05) is 13.2 Å². The van der Waals surface area contributed by atoms with Gasteiger partial charge in [-0.3, -0.25) is 14.4 Å². The Kier molecular flexibility index (Phi) is 50.5. The average Bonchev–Trinajstić information content (AvgIpc) is 3.31. The number of allylic oxidation sites excluding steroid dienone is 18. The first-order chi connectivity index (χ1) is 32.5. The maximum absolute atomic E-state index is 12.8. The van der Waals surface area contributed by atoms with Crippen molar-refractivity contribution in [3.63, 3.8) is 0 Å². The fourth-order valence-corrected chi connectivity index (χ4v) is 7.00. The molecule has 66 heavy (non-hydrogen) atoms. The van der Waals surface area contributed by atoms with Gasteiger partial charge >= 0.3 is 17.9 Å². The van der Waals surface area contributed by atoms with E-state index in [-0.39, 0.29) is 44.0 Å². The summed E-state index contributed by atoms with van der Waals surface area (Å²) in [6, 6.07) is 0. The summed E-state index contributed by atoms with van der Waals surface area (Å²) in [5, 5.41) is 0. The summed E-state index contributed by atoms with van der Waals surface area (Å²) in [6.45, 7) is 6.40. The third-order valence-corrected chi connectivity index (χ3v) is 11.0. The Balaban J connectivity index is 4.57. The summed E-state index contributed by atoms with van der Waals surface area (Å²) in [5.74, 6) is -1.04. The van der Waals surface area contributed by atoms with Gasteiger partial charge in [0.1, 0.15) is 13.2 Å². The molecule has 0 N–H and O–H groups in total. The molecular formula is C60H98O6. The fourth-order valence-electron chi connectivity index (χ4n) is 7.00. The van der Waals surface area contributed by atoms with E-state index in [4.69, 9.17) is 14.2 Å². The van der Waals surface area contributed by atoms with Gasteiger partial charge in [0.2, 0.25) is 0 Å². The molecule has 0 amide bonds. The van der Waals surface area contributed by atoms with Crippen LogP contribution in [-0.4, -0.2) is 37.2 Å². The van der Waals surface area contributed by atoms with E-state index in [2.05, 4.69) is 130 Å². The number of hydrogen-bond acceptors (Lipinski definition) is 6. The normalized spacial score (nSPS) is 13.0. The molecule has 0 aromatic heterocycles. The molecule has 0 aliphatic rings. The Morgan fingerprint density at radius 3 is 0.985 bits per heavy atom. The van der Waals surface area contributed by atoms with Crippen LogP contribution in [0.25, 0.3) is 0 Å². The molecule has 0 saturated carbocycles. The topological polar surface area (TPSA) is 78.9 Å². The summed E-state index contributed by atoms with van der Waals surface area (Å²) in [5.41, 5.74) is 0. The van der Waals surface area contributed by atoms with E-state index in [9.17, 15) is 14.4 Å². The molecule has 0 radical (unpaired) electrons. The van der Waals surface area contributed by atoms with Gasteiger partial charge in [-0.1, -0.05) is 226 Å². The molecule has 0 bridgehead atoms. The highest BCUT2D eigenvalue weighted by atomic mass is 16.6. The van der Waals surface area contributed by atoms with Crippen molar-refractivity contribution in [1.82, 2.24) is 0 Å². The lowest BCUT2D eigenvalue weighted by Crippen LogP contribution is -2.30. The van der Waals surface area contributed by atoms with E-state index in [1.165, 1.54) is 96.3 Å². The summed E-state index contributed by atoms with van der Waals surface area (Å²) < 4.78 is 16.7. The highest BCUT2D eigenvalue weighted by Gasteiger charge is 2.19. The number of carbonyl (C=O) groups is 3. The highest BCUT2D eigenvalue weighted by molar-refractivity contribution is 5.71. The zero-order valence-electron chi connectivity index (χ0n) is 42.7. The number of unbranched alkanes of at least 4 members (excludes halogenated alkanes) is 18. The first-order valence-electron chi connectivity index (χ1n) is 26.9. The van der Waals surface area contributed by atoms with Crippen LogP contribution < -0.4 is 0 Å². The van der Waals surface area contributed by atoms with Crippen LogP contribution in [0.15, 0.2) is 109 Å². The Hall–Kier alpha value is -3.93. The van der Waals surface area contributed by atoms with Crippen LogP contribution in [0.1, 0.15) is 233 Å². The number of ether oxygens (including phenoxy) is 3. The van der Waals surface area contributed by atoms with Crippen molar-refractivity contribution < 1.29 is 28.6 Å². The molecule has 0 fully saturated rings. The number of hydrogen-bond donors (Lipinski definition) is 0. The molecule has 0 aliphatic heterocycles. The Morgan fingerprint density at radius 2 is 0.606 bits per heavy atom. The molecule has 1 atom stereocenters.